The lowest BCUT2D eigenvalue weighted by molar-refractivity contribution is -0.121. The fraction of sp³-hybridized carbons (Fsp3) is 0.400. The van der Waals surface area contributed by atoms with Crippen molar-refractivity contribution in [2.45, 2.75) is 46.6 Å². The number of carbonyl (C=O) groups is 1. The average Bonchev–Trinajstić information content (AvgIpc) is 3.21. The minimum absolute atomic E-state index is 0.0538. The van der Waals surface area contributed by atoms with E-state index in [-0.39, 0.29) is 24.2 Å². The van der Waals surface area contributed by atoms with Gasteiger partial charge in [0.05, 0.1) is 12.1 Å². The third kappa shape index (κ3) is 4.82. The van der Waals surface area contributed by atoms with E-state index in [0.717, 1.165) is 0 Å². The normalized spacial score (nSPS) is 12.4. The van der Waals surface area contributed by atoms with Crippen molar-refractivity contribution in [3.8, 4) is 11.5 Å². The van der Waals surface area contributed by atoms with Crippen LogP contribution in [0.4, 0.5) is 4.39 Å². The number of rotatable bonds is 7. The molecule has 2 heterocycles. The van der Waals surface area contributed by atoms with E-state index in [0.29, 0.717) is 47.0 Å². The number of carbonyl (C=O) groups excluding carboxylic acids is 1. The molecule has 1 amide bonds. The maximum atomic E-state index is 13.1. The Morgan fingerprint density at radius 3 is 2.46 bits per heavy atom. The number of oxazole rings is 1. The van der Waals surface area contributed by atoms with Crippen LogP contribution in [-0.2, 0) is 11.2 Å². The standard InChI is InChI=1S/C20H23FN4O3/c1-11(2)9-17(20-25-24-13(4)28-20)22-18(26)10-16-12(3)27-19(23-16)14-5-7-15(21)8-6-14/h5-8,11,17H,9-10H2,1-4H3,(H,22,26). The molecule has 3 aromatic rings. The Morgan fingerprint density at radius 2 is 1.86 bits per heavy atom. The van der Waals surface area contributed by atoms with Crippen molar-refractivity contribution in [2.75, 3.05) is 0 Å². The molecule has 0 radical (unpaired) electrons. The van der Waals surface area contributed by atoms with E-state index in [9.17, 15) is 9.18 Å². The first-order chi connectivity index (χ1) is 13.3. The van der Waals surface area contributed by atoms with Gasteiger partial charge in [-0.1, -0.05) is 13.8 Å². The van der Waals surface area contributed by atoms with Gasteiger partial charge in [0.2, 0.25) is 23.6 Å². The van der Waals surface area contributed by atoms with E-state index in [1.807, 2.05) is 0 Å². The summed E-state index contributed by atoms with van der Waals surface area (Å²) in [6.07, 6.45) is 0.726. The third-order valence-corrected chi connectivity index (χ3v) is 4.19. The van der Waals surface area contributed by atoms with Crippen molar-refractivity contribution < 1.29 is 18.0 Å². The van der Waals surface area contributed by atoms with Gasteiger partial charge in [0, 0.05) is 12.5 Å². The molecule has 0 fully saturated rings. The molecule has 0 aliphatic rings. The van der Waals surface area contributed by atoms with Gasteiger partial charge in [0.1, 0.15) is 17.6 Å². The Bertz CT molecular complexity index is 947. The number of nitrogens with one attached hydrogen (secondary N) is 1. The second-order valence-electron chi connectivity index (χ2n) is 7.11. The highest BCUT2D eigenvalue weighted by molar-refractivity contribution is 5.78. The van der Waals surface area contributed by atoms with E-state index in [1.165, 1.54) is 12.1 Å². The molecule has 28 heavy (non-hydrogen) atoms. The van der Waals surface area contributed by atoms with Gasteiger partial charge in [0.25, 0.3) is 0 Å². The van der Waals surface area contributed by atoms with Crippen LogP contribution in [0.2, 0.25) is 0 Å². The molecule has 3 rings (SSSR count). The minimum Gasteiger partial charge on any atom is -0.441 e. The van der Waals surface area contributed by atoms with Crippen LogP contribution >= 0.6 is 0 Å². The lowest BCUT2D eigenvalue weighted by Crippen LogP contribution is -2.31. The maximum absolute atomic E-state index is 13.1. The largest absolute Gasteiger partial charge is 0.441 e. The first kappa shape index (κ1) is 19.7. The zero-order valence-electron chi connectivity index (χ0n) is 16.3. The van der Waals surface area contributed by atoms with Crippen molar-refractivity contribution in [3.05, 3.63) is 53.3 Å². The molecule has 0 aliphatic heterocycles. The highest BCUT2D eigenvalue weighted by Crippen LogP contribution is 2.23. The van der Waals surface area contributed by atoms with Crippen LogP contribution in [0.5, 0.6) is 0 Å². The summed E-state index contributed by atoms with van der Waals surface area (Å²) in [6, 6.07) is 5.48. The molecule has 0 spiro atoms. The summed E-state index contributed by atoms with van der Waals surface area (Å²) in [4.78, 5) is 17.0. The van der Waals surface area contributed by atoms with Gasteiger partial charge in [-0.15, -0.1) is 10.2 Å². The SMILES string of the molecule is Cc1nnc(C(CC(C)C)NC(=O)Cc2nc(-c3ccc(F)cc3)oc2C)o1. The van der Waals surface area contributed by atoms with Crippen LogP contribution in [0.25, 0.3) is 11.5 Å². The Labute approximate surface area is 162 Å². The van der Waals surface area contributed by atoms with Crippen LogP contribution in [0.1, 0.15) is 49.5 Å². The van der Waals surface area contributed by atoms with Crippen molar-refractivity contribution in [3.63, 3.8) is 0 Å². The average molecular weight is 386 g/mol. The number of hydrogen-bond donors (Lipinski definition) is 1. The summed E-state index contributed by atoms with van der Waals surface area (Å²) < 4.78 is 24.2. The number of aromatic nitrogens is 3. The molecule has 0 bridgehead atoms. The van der Waals surface area contributed by atoms with Crippen LogP contribution in [-0.4, -0.2) is 21.1 Å². The van der Waals surface area contributed by atoms with Gasteiger partial charge in [-0.25, -0.2) is 9.37 Å². The fourth-order valence-electron chi connectivity index (χ4n) is 2.85. The topological polar surface area (TPSA) is 94.1 Å². The van der Waals surface area contributed by atoms with Gasteiger partial charge in [-0.3, -0.25) is 4.79 Å². The summed E-state index contributed by atoms with van der Waals surface area (Å²) in [5.74, 6) is 1.52. The number of amides is 1. The summed E-state index contributed by atoms with van der Waals surface area (Å²) in [6.45, 7) is 7.56. The molecule has 1 aromatic carbocycles. The Hall–Kier alpha value is -3.03. The predicted molar refractivity (Wildman–Crippen MR) is 99.7 cm³/mol. The third-order valence-electron chi connectivity index (χ3n) is 4.19. The summed E-state index contributed by atoms with van der Waals surface area (Å²) in [7, 11) is 0. The Morgan fingerprint density at radius 1 is 1.14 bits per heavy atom. The minimum atomic E-state index is -0.363. The number of benzene rings is 1. The van der Waals surface area contributed by atoms with E-state index >= 15 is 0 Å². The molecule has 0 aliphatic carbocycles. The Kier molecular flexibility index (Phi) is 5.87. The van der Waals surface area contributed by atoms with Crippen molar-refractivity contribution >= 4 is 5.91 Å². The molecular formula is C20H23FN4O3. The monoisotopic (exact) mass is 386 g/mol. The molecule has 0 saturated carbocycles. The second kappa shape index (κ2) is 8.33. The fourth-order valence-corrected chi connectivity index (χ4v) is 2.85. The van der Waals surface area contributed by atoms with Crippen molar-refractivity contribution in [2.24, 2.45) is 5.92 Å². The van der Waals surface area contributed by atoms with Gasteiger partial charge in [0.15, 0.2) is 0 Å². The molecular weight excluding hydrogens is 363 g/mol. The molecule has 7 nitrogen and oxygen atoms in total. The van der Waals surface area contributed by atoms with Crippen LogP contribution in [0.15, 0.2) is 33.1 Å². The lowest BCUT2D eigenvalue weighted by Gasteiger charge is -2.17. The summed E-state index contributed by atoms with van der Waals surface area (Å²) >= 11 is 0. The van der Waals surface area contributed by atoms with Gasteiger partial charge in [-0.05, 0) is 43.5 Å². The van der Waals surface area contributed by atoms with Crippen molar-refractivity contribution in [1.82, 2.24) is 20.5 Å². The van der Waals surface area contributed by atoms with Crippen LogP contribution in [0, 0.1) is 25.6 Å². The number of halogens is 1. The zero-order chi connectivity index (χ0) is 20.3. The lowest BCUT2D eigenvalue weighted by atomic mass is 10.0. The second-order valence-corrected chi connectivity index (χ2v) is 7.11. The molecule has 0 saturated heterocycles. The molecule has 1 N–H and O–H groups in total. The van der Waals surface area contributed by atoms with Crippen molar-refractivity contribution in [1.29, 1.82) is 0 Å². The molecule has 148 valence electrons. The van der Waals surface area contributed by atoms with Crippen LogP contribution in [0.3, 0.4) is 0 Å². The smallest absolute Gasteiger partial charge is 0.238 e. The number of nitrogens with zero attached hydrogens (tertiary/aromatic N) is 3. The van der Waals surface area contributed by atoms with Gasteiger partial charge in [-0.2, -0.15) is 0 Å². The number of aryl methyl sites for hydroxylation is 2. The molecule has 8 heteroatoms. The van der Waals surface area contributed by atoms with Crippen LogP contribution < -0.4 is 5.32 Å². The zero-order valence-corrected chi connectivity index (χ0v) is 16.3. The predicted octanol–water partition coefficient (Wildman–Crippen LogP) is 3.93. The summed E-state index contributed by atoms with van der Waals surface area (Å²) in [5.41, 5.74) is 1.18. The summed E-state index contributed by atoms with van der Waals surface area (Å²) in [5, 5.41) is 10.8. The quantitative estimate of drug-likeness (QED) is 0.661. The van der Waals surface area contributed by atoms with E-state index in [1.54, 1.807) is 26.0 Å². The highest BCUT2D eigenvalue weighted by atomic mass is 19.1. The molecule has 1 atom stereocenters. The van der Waals surface area contributed by atoms with E-state index < -0.39 is 0 Å². The Balaban J connectivity index is 1.72. The highest BCUT2D eigenvalue weighted by Gasteiger charge is 2.23. The molecule has 1 unspecified atom stereocenters. The maximum Gasteiger partial charge on any atom is 0.238 e. The van der Waals surface area contributed by atoms with Gasteiger partial charge < -0.3 is 14.2 Å². The van der Waals surface area contributed by atoms with E-state index in [2.05, 4.69) is 34.3 Å². The van der Waals surface area contributed by atoms with E-state index in [4.69, 9.17) is 8.83 Å². The molecule has 2 aromatic heterocycles. The first-order valence-electron chi connectivity index (χ1n) is 9.13. The first-order valence-corrected chi connectivity index (χ1v) is 9.13. The van der Waals surface area contributed by atoms with Gasteiger partial charge >= 0.3 is 0 Å². The number of hydrogen-bond acceptors (Lipinski definition) is 6.